The van der Waals surface area contributed by atoms with Gasteiger partial charge in [-0.15, -0.1) is 0 Å². The zero-order chi connectivity index (χ0) is 9.52. The molecule has 0 aromatic carbocycles. The molecule has 5 nitrogen and oxygen atoms in total. The molecule has 0 amide bonds. The Hall–Kier alpha value is -1.52. The lowest BCUT2D eigenvalue weighted by Crippen LogP contribution is -2.32. The van der Waals surface area contributed by atoms with E-state index in [0.29, 0.717) is 5.96 Å². The zero-order valence-electron chi connectivity index (χ0n) is 7.77. The molecule has 0 spiro atoms. The molecule has 1 heterocycles. The molecule has 13 heavy (non-hydrogen) atoms. The van der Waals surface area contributed by atoms with Gasteiger partial charge in [-0.3, -0.25) is 9.67 Å². The second-order valence-electron chi connectivity index (χ2n) is 2.66. The number of nitrogens with one attached hydrogen (secondary N) is 1. The standard InChI is InChI=1S/C8H15N5/c1-10-8(9)11-4-2-6-13-7-3-5-12-13/h3,5,7H,2,4,6H2,1H3,(H3,9,10,11). The Morgan fingerprint density at radius 1 is 1.69 bits per heavy atom. The van der Waals surface area contributed by atoms with Gasteiger partial charge in [0.2, 0.25) is 0 Å². The highest BCUT2D eigenvalue weighted by atomic mass is 15.3. The minimum absolute atomic E-state index is 0.487. The second kappa shape index (κ2) is 5.18. The summed E-state index contributed by atoms with van der Waals surface area (Å²) in [6, 6.07) is 1.91. The van der Waals surface area contributed by atoms with E-state index in [4.69, 9.17) is 5.73 Å². The Morgan fingerprint density at radius 2 is 2.54 bits per heavy atom. The summed E-state index contributed by atoms with van der Waals surface area (Å²) in [5, 5.41) is 7.06. The molecule has 0 aliphatic rings. The molecule has 0 saturated heterocycles. The number of aryl methyl sites for hydroxylation is 1. The van der Waals surface area contributed by atoms with Crippen molar-refractivity contribution in [2.75, 3.05) is 13.6 Å². The fourth-order valence-corrected chi connectivity index (χ4v) is 0.969. The Labute approximate surface area is 77.6 Å². The van der Waals surface area contributed by atoms with E-state index >= 15 is 0 Å². The predicted molar refractivity (Wildman–Crippen MR) is 52.4 cm³/mol. The van der Waals surface area contributed by atoms with Gasteiger partial charge in [-0.1, -0.05) is 0 Å². The van der Waals surface area contributed by atoms with Crippen LogP contribution in [0.3, 0.4) is 0 Å². The predicted octanol–water partition coefficient (Wildman–Crippen LogP) is -0.193. The Balaban J connectivity index is 2.08. The Kier molecular flexibility index (Phi) is 3.81. The van der Waals surface area contributed by atoms with E-state index < -0.39 is 0 Å². The fourth-order valence-electron chi connectivity index (χ4n) is 0.969. The van der Waals surface area contributed by atoms with Crippen molar-refractivity contribution in [1.29, 1.82) is 0 Å². The van der Waals surface area contributed by atoms with Gasteiger partial charge in [-0.05, 0) is 12.5 Å². The summed E-state index contributed by atoms with van der Waals surface area (Å²) in [6.45, 7) is 1.72. The van der Waals surface area contributed by atoms with Crippen LogP contribution in [-0.4, -0.2) is 29.3 Å². The van der Waals surface area contributed by atoms with E-state index in [-0.39, 0.29) is 0 Å². The van der Waals surface area contributed by atoms with Gasteiger partial charge < -0.3 is 11.1 Å². The fraction of sp³-hybridized carbons (Fsp3) is 0.500. The van der Waals surface area contributed by atoms with Crippen LogP contribution in [0.4, 0.5) is 0 Å². The SMILES string of the molecule is CN=C(N)NCCCn1cccn1. The monoisotopic (exact) mass is 181 g/mol. The highest BCUT2D eigenvalue weighted by molar-refractivity contribution is 5.77. The van der Waals surface area contributed by atoms with Gasteiger partial charge in [0.25, 0.3) is 0 Å². The summed E-state index contributed by atoms with van der Waals surface area (Å²) in [4.78, 5) is 3.78. The molecule has 1 rings (SSSR count). The van der Waals surface area contributed by atoms with Crippen molar-refractivity contribution in [3.8, 4) is 0 Å². The van der Waals surface area contributed by atoms with Crippen molar-refractivity contribution < 1.29 is 0 Å². The van der Waals surface area contributed by atoms with Crippen LogP contribution in [-0.2, 0) is 6.54 Å². The van der Waals surface area contributed by atoms with Gasteiger partial charge in [-0.2, -0.15) is 5.10 Å². The maximum Gasteiger partial charge on any atom is 0.188 e. The molecule has 1 aromatic rings. The summed E-state index contributed by atoms with van der Waals surface area (Å²) in [5.41, 5.74) is 5.45. The van der Waals surface area contributed by atoms with E-state index in [1.165, 1.54) is 0 Å². The minimum atomic E-state index is 0.487. The third-order valence-electron chi connectivity index (χ3n) is 1.67. The summed E-state index contributed by atoms with van der Waals surface area (Å²) < 4.78 is 1.89. The van der Waals surface area contributed by atoms with Crippen LogP contribution < -0.4 is 11.1 Å². The van der Waals surface area contributed by atoms with Gasteiger partial charge in [0.15, 0.2) is 5.96 Å². The van der Waals surface area contributed by atoms with Crippen LogP contribution in [0.1, 0.15) is 6.42 Å². The lowest BCUT2D eigenvalue weighted by Gasteiger charge is -2.04. The maximum atomic E-state index is 5.45. The highest BCUT2D eigenvalue weighted by Gasteiger charge is 1.91. The number of aliphatic imine (C=N–C) groups is 1. The first-order chi connectivity index (χ1) is 6.33. The van der Waals surface area contributed by atoms with Gasteiger partial charge in [0.1, 0.15) is 0 Å². The van der Waals surface area contributed by atoms with Crippen molar-refractivity contribution >= 4 is 5.96 Å². The minimum Gasteiger partial charge on any atom is -0.370 e. The van der Waals surface area contributed by atoms with E-state index in [1.807, 2.05) is 16.9 Å². The lowest BCUT2D eigenvalue weighted by atomic mass is 10.4. The van der Waals surface area contributed by atoms with E-state index in [2.05, 4.69) is 15.4 Å². The first-order valence-corrected chi connectivity index (χ1v) is 4.26. The number of hydrogen-bond donors (Lipinski definition) is 2. The van der Waals surface area contributed by atoms with Crippen molar-refractivity contribution in [1.82, 2.24) is 15.1 Å². The Bertz CT molecular complexity index is 252. The smallest absolute Gasteiger partial charge is 0.188 e. The molecule has 72 valence electrons. The van der Waals surface area contributed by atoms with Gasteiger partial charge in [-0.25, -0.2) is 0 Å². The van der Waals surface area contributed by atoms with Crippen molar-refractivity contribution in [2.45, 2.75) is 13.0 Å². The molecule has 0 saturated carbocycles. The first-order valence-electron chi connectivity index (χ1n) is 4.26. The van der Waals surface area contributed by atoms with Gasteiger partial charge in [0.05, 0.1) is 0 Å². The summed E-state index contributed by atoms with van der Waals surface area (Å²) in [5.74, 6) is 0.487. The van der Waals surface area contributed by atoms with E-state index in [1.54, 1.807) is 13.2 Å². The number of nitrogens with two attached hydrogens (primary N) is 1. The van der Waals surface area contributed by atoms with Crippen LogP contribution in [0.15, 0.2) is 23.5 Å². The molecule has 0 aliphatic carbocycles. The molecule has 0 atom stereocenters. The number of hydrogen-bond acceptors (Lipinski definition) is 2. The summed E-state index contributed by atoms with van der Waals surface area (Å²) in [7, 11) is 1.66. The molecular formula is C8H15N5. The second-order valence-corrected chi connectivity index (χ2v) is 2.66. The molecule has 0 bridgehead atoms. The molecule has 0 fully saturated rings. The van der Waals surface area contributed by atoms with Gasteiger partial charge in [0, 0.05) is 32.5 Å². The lowest BCUT2D eigenvalue weighted by molar-refractivity contribution is 0.572. The van der Waals surface area contributed by atoms with E-state index in [9.17, 15) is 0 Å². The molecule has 1 aromatic heterocycles. The number of aromatic nitrogens is 2. The molecular weight excluding hydrogens is 166 g/mol. The normalized spacial score (nSPS) is 11.6. The topological polar surface area (TPSA) is 68.2 Å². The average Bonchev–Trinajstić information content (AvgIpc) is 2.64. The largest absolute Gasteiger partial charge is 0.370 e. The average molecular weight is 181 g/mol. The molecule has 0 unspecified atom stereocenters. The molecule has 5 heteroatoms. The van der Waals surface area contributed by atoms with Gasteiger partial charge >= 0.3 is 0 Å². The summed E-state index contributed by atoms with van der Waals surface area (Å²) >= 11 is 0. The molecule has 3 N–H and O–H groups in total. The zero-order valence-corrected chi connectivity index (χ0v) is 7.77. The van der Waals surface area contributed by atoms with E-state index in [0.717, 1.165) is 19.5 Å². The van der Waals surface area contributed by atoms with Crippen LogP contribution in [0.25, 0.3) is 0 Å². The first kappa shape index (κ1) is 9.57. The molecule has 0 radical (unpaired) electrons. The third kappa shape index (κ3) is 3.59. The maximum absolute atomic E-state index is 5.45. The summed E-state index contributed by atoms with van der Waals surface area (Å²) in [6.07, 6.45) is 4.70. The van der Waals surface area contributed by atoms with Crippen molar-refractivity contribution in [2.24, 2.45) is 10.7 Å². The quantitative estimate of drug-likeness (QED) is 0.384. The molecule has 0 aliphatic heterocycles. The van der Waals surface area contributed by atoms with Crippen LogP contribution in [0.5, 0.6) is 0 Å². The third-order valence-corrected chi connectivity index (χ3v) is 1.67. The highest BCUT2D eigenvalue weighted by Crippen LogP contribution is 1.87. The van der Waals surface area contributed by atoms with Crippen molar-refractivity contribution in [3.05, 3.63) is 18.5 Å². The van der Waals surface area contributed by atoms with Crippen LogP contribution >= 0.6 is 0 Å². The number of guanidine groups is 1. The Morgan fingerprint density at radius 3 is 3.15 bits per heavy atom. The van der Waals surface area contributed by atoms with Crippen molar-refractivity contribution in [3.63, 3.8) is 0 Å². The number of nitrogens with zero attached hydrogens (tertiary/aromatic N) is 3. The van der Waals surface area contributed by atoms with Crippen LogP contribution in [0.2, 0.25) is 0 Å². The van der Waals surface area contributed by atoms with Crippen LogP contribution in [0, 0.1) is 0 Å². The number of rotatable bonds is 4.